The van der Waals surface area contributed by atoms with E-state index in [-0.39, 0.29) is 34.8 Å². The van der Waals surface area contributed by atoms with E-state index in [1.807, 2.05) is 0 Å². The quantitative estimate of drug-likeness (QED) is 0.635. The van der Waals surface area contributed by atoms with Crippen LogP contribution in [-0.4, -0.2) is 24.6 Å². The summed E-state index contributed by atoms with van der Waals surface area (Å²) in [5.74, 6) is -0.392. The number of esters is 2. The van der Waals surface area contributed by atoms with Crippen LogP contribution < -0.4 is 0 Å². The van der Waals surface area contributed by atoms with Gasteiger partial charge in [0, 0.05) is 12.3 Å². The lowest BCUT2D eigenvalue weighted by atomic mass is 9.97. The van der Waals surface area contributed by atoms with Gasteiger partial charge >= 0.3 is 11.9 Å². The van der Waals surface area contributed by atoms with Gasteiger partial charge in [0.2, 0.25) is 0 Å². The summed E-state index contributed by atoms with van der Waals surface area (Å²) in [4.78, 5) is 22.4. The second kappa shape index (κ2) is 2.36. The molecule has 4 fully saturated rings. The first-order valence-corrected chi connectivity index (χ1v) is 5.33. The van der Waals surface area contributed by atoms with Crippen LogP contribution >= 0.6 is 0 Å². The predicted octanol–water partition coefficient (Wildman–Crippen LogP) is 0.891. The largest absolute Gasteiger partial charge is 0.465 e. The number of fused-ring (bicyclic) bond motifs is 1. The fourth-order valence-corrected chi connectivity index (χ4v) is 3.80. The van der Waals surface area contributed by atoms with E-state index >= 15 is 0 Å². The molecule has 4 aliphatic rings. The van der Waals surface area contributed by atoms with E-state index in [0.29, 0.717) is 6.61 Å². The van der Waals surface area contributed by atoms with Crippen LogP contribution in [0, 0.1) is 16.7 Å². The van der Waals surface area contributed by atoms with Gasteiger partial charge in [-0.05, 0) is 18.3 Å². The molecular formula is C11H14O4. The molecule has 2 saturated heterocycles. The molecule has 2 saturated carbocycles. The van der Waals surface area contributed by atoms with Gasteiger partial charge in [-0.1, -0.05) is 6.92 Å². The standard InChI is InChI=1S/C11H14O4/c1-6(12)14-5-11-4-7-3-10(11,2)8(11)9(13)15-7/h7-8H,3-5H2,1-2H3/t7-,8+,10-,11-/m1/s1. The highest BCUT2D eigenvalue weighted by atomic mass is 16.6. The average molecular weight is 210 g/mol. The average Bonchev–Trinajstić information content (AvgIpc) is 2.54. The third-order valence-corrected chi connectivity index (χ3v) is 4.54. The van der Waals surface area contributed by atoms with Crippen molar-refractivity contribution in [3.8, 4) is 0 Å². The Kier molecular flexibility index (Phi) is 1.45. The van der Waals surface area contributed by atoms with Crippen LogP contribution in [0.2, 0.25) is 0 Å². The van der Waals surface area contributed by atoms with E-state index in [9.17, 15) is 9.59 Å². The Morgan fingerprint density at radius 2 is 2.33 bits per heavy atom. The molecule has 4 heteroatoms. The van der Waals surface area contributed by atoms with Crippen LogP contribution in [0.15, 0.2) is 0 Å². The molecule has 82 valence electrons. The fourth-order valence-electron chi connectivity index (χ4n) is 3.80. The van der Waals surface area contributed by atoms with Crippen molar-refractivity contribution in [3.63, 3.8) is 0 Å². The highest BCUT2D eigenvalue weighted by Crippen LogP contribution is 2.80. The topological polar surface area (TPSA) is 52.6 Å². The highest BCUT2D eigenvalue weighted by molar-refractivity contribution is 5.82. The SMILES string of the molecule is CC(=O)OC[C@@]12C[C@H]3C[C@]1(C)[C@@H]2C(=O)O3. The Bertz CT molecular complexity index is 364. The van der Waals surface area contributed by atoms with Gasteiger partial charge in [0.1, 0.15) is 6.10 Å². The van der Waals surface area contributed by atoms with Crippen LogP contribution in [0.5, 0.6) is 0 Å². The first kappa shape index (κ1) is 9.19. The molecule has 0 aromatic heterocycles. The van der Waals surface area contributed by atoms with Crippen LogP contribution in [0.25, 0.3) is 0 Å². The minimum absolute atomic E-state index is 0.0302. The Morgan fingerprint density at radius 3 is 2.87 bits per heavy atom. The van der Waals surface area contributed by atoms with Gasteiger partial charge < -0.3 is 9.47 Å². The normalized spacial score (nSPS) is 49.9. The number of ether oxygens (including phenoxy) is 2. The Morgan fingerprint density at radius 1 is 1.60 bits per heavy atom. The summed E-state index contributed by atoms with van der Waals surface area (Å²) in [6, 6.07) is 0. The maximum absolute atomic E-state index is 11.6. The summed E-state index contributed by atoms with van der Waals surface area (Å²) in [6.07, 6.45) is 1.86. The molecule has 0 amide bonds. The molecule has 15 heavy (non-hydrogen) atoms. The lowest BCUT2D eigenvalue weighted by molar-refractivity contribution is -0.163. The van der Waals surface area contributed by atoms with Gasteiger partial charge in [-0.3, -0.25) is 9.59 Å². The number of hydrogen-bond acceptors (Lipinski definition) is 4. The predicted molar refractivity (Wildman–Crippen MR) is 49.8 cm³/mol. The first-order chi connectivity index (χ1) is 6.99. The zero-order valence-corrected chi connectivity index (χ0v) is 8.91. The number of carbonyl (C=O) groups excluding carboxylic acids is 2. The highest BCUT2D eigenvalue weighted by Gasteiger charge is 2.84. The molecule has 2 aliphatic heterocycles. The molecule has 4 nitrogen and oxygen atoms in total. The molecule has 0 unspecified atom stereocenters. The van der Waals surface area contributed by atoms with Crippen LogP contribution in [0.3, 0.4) is 0 Å². The summed E-state index contributed by atoms with van der Waals surface area (Å²) in [7, 11) is 0. The number of carbonyl (C=O) groups is 2. The van der Waals surface area contributed by atoms with Gasteiger partial charge in [0.15, 0.2) is 0 Å². The van der Waals surface area contributed by atoms with E-state index in [1.54, 1.807) is 0 Å². The van der Waals surface area contributed by atoms with E-state index in [2.05, 4.69) is 6.92 Å². The lowest BCUT2D eigenvalue weighted by Crippen LogP contribution is -2.33. The van der Waals surface area contributed by atoms with E-state index in [0.717, 1.165) is 12.8 Å². The zero-order chi connectivity index (χ0) is 10.8. The number of rotatable bonds is 2. The molecule has 2 aliphatic carbocycles. The molecule has 4 atom stereocenters. The summed E-state index contributed by atoms with van der Waals surface area (Å²) in [6.45, 7) is 3.90. The maximum Gasteiger partial charge on any atom is 0.310 e. The molecule has 4 bridgehead atoms. The molecule has 4 rings (SSSR count). The summed E-state index contributed by atoms with van der Waals surface area (Å²) in [5, 5.41) is 0. The van der Waals surface area contributed by atoms with Gasteiger partial charge in [0.05, 0.1) is 12.5 Å². The van der Waals surface area contributed by atoms with Crippen molar-refractivity contribution in [2.45, 2.75) is 32.8 Å². The molecule has 2 heterocycles. The third-order valence-electron chi connectivity index (χ3n) is 4.54. The van der Waals surface area contributed by atoms with Crippen molar-refractivity contribution in [3.05, 3.63) is 0 Å². The monoisotopic (exact) mass is 210 g/mol. The third kappa shape index (κ3) is 0.880. The summed E-state index contributed by atoms with van der Waals surface area (Å²) >= 11 is 0. The Hall–Kier alpha value is -1.06. The van der Waals surface area contributed by atoms with Crippen LogP contribution in [-0.2, 0) is 19.1 Å². The van der Waals surface area contributed by atoms with Gasteiger partial charge in [-0.15, -0.1) is 0 Å². The zero-order valence-electron chi connectivity index (χ0n) is 8.91. The van der Waals surface area contributed by atoms with Crippen molar-refractivity contribution < 1.29 is 19.1 Å². The van der Waals surface area contributed by atoms with E-state index in [1.165, 1.54) is 6.92 Å². The molecular weight excluding hydrogens is 196 g/mol. The summed E-state index contributed by atoms with van der Waals surface area (Å²) < 4.78 is 10.3. The van der Waals surface area contributed by atoms with Crippen molar-refractivity contribution in [1.29, 1.82) is 0 Å². The summed E-state index contributed by atoms with van der Waals surface area (Å²) in [5.41, 5.74) is -0.0683. The Balaban J connectivity index is 1.83. The fraction of sp³-hybridized carbons (Fsp3) is 0.818. The minimum atomic E-state index is -0.269. The van der Waals surface area contributed by atoms with Crippen molar-refractivity contribution in [1.82, 2.24) is 0 Å². The van der Waals surface area contributed by atoms with Crippen molar-refractivity contribution >= 4 is 11.9 Å². The number of hydrogen-bond donors (Lipinski definition) is 0. The lowest BCUT2D eigenvalue weighted by Gasteiger charge is -2.26. The molecule has 0 aromatic rings. The minimum Gasteiger partial charge on any atom is -0.465 e. The van der Waals surface area contributed by atoms with Gasteiger partial charge in [0.25, 0.3) is 0 Å². The first-order valence-electron chi connectivity index (χ1n) is 5.33. The smallest absolute Gasteiger partial charge is 0.310 e. The maximum atomic E-state index is 11.6. The van der Waals surface area contributed by atoms with Gasteiger partial charge in [-0.2, -0.15) is 0 Å². The molecule has 0 radical (unpaired) electrons. The Labute approximate surface area is 87.9 Å². The van der Waals surface area contributed by atoms with E-state index < -0.39 is 0 Å². The van der Waals surface area contributed by atoms with Crippen LogP contribution in [0.1, 0.15) is 26.7 Å². The molecule has 0 N–H and O–H groups in total. The van der Waals surface area contributed by atoms with Gasteiger partial charge in [-0.25, -0.2) is 0 Å². The van der Waals surface area contributed by atoms with Crippen LogP contribution in [0.4, 0.5) is 0 Å². The van der Waals surface area contributed by atoms with Crippen molar-refractivity contribution in [2.24, 2.45) is 16.7 Å². The molecule has 0 aromatic carbocycles. The van der Waals surface area contributed by atoms with Crippen molar-refractivity contribution in [2.75, 3.05) is 6.61 Å². The molecule has 0 spiro atoms. The van der Waals surface area contributed by atoms with E-state index in [4.69, 9.17) is 9.47 Å². The second-order valence-corrected chi connectivity index (χ2v) is 5.25. The second-order valence-electron chi connectivity index (χ2n) is 5.25.